The smallest absolute Gasteiger partial charge is 0.229 e. The molecule has 1 aromatic rings. The molecule has 17 heavy (non-hydrogen) atoms. The van der Waals surface area contributed by atoms with Crippen molar-refractivity contribution in [2.45, 2.75) is 33.2 Å². The maximum Gasteiger partial charge on any atom is 0.229 e. The van der Waals surface area contributed by atoms with Crippen molar-refractivity contribution in [1.82, 2.24) is 0 Å². The second-order valence-electron chi connectivity index (χ2n) is 4.36. The minimum atomic E-state index is -3.21. The number of anilines is 2. The quantitative estimate of drug-likeness (QED) is 0.851. The maximum absolute atomic E-state index is 11.1. The van der Waals surface area contributed by atoms with Gasteiger partial charge in [-0.1, -0.05) is 6.92 Å². The molecule has 0 aliphatic rings. The number of sulfonamides is 1. The molecule has 0 aliphatic carbocycles. The molecule has 0 fully saturated rings. The third kappa shape index (κ3) is 4.65. The molecule has 1 rings (SSSR count). The van der Waals surface area contributed by atoms with Crippen LogP contribution in [0.5, 0.6) is 0 Å². The first-order chi connectivity index (χ1) is 7.81. The zero-order valence-electron chi connectivity index (χ0n) is 10.7. The minimum Gasteiger partial charge on any atom is -0.383 e. The largest absolute Gasteiger partial charge is 0.383 e. The highest BCUT2D eigenvalue weighted by atomic mass is 32.2. The van der Waals surface area contributed by atoms with Crippen LogP contribution in [0, 0.1) is 6.92 Å². The van der Waals surface area contributed by atoms with Crippen LogP contribution >= 0.6 is 0 Å². The molecule has 0 aliphatic heterocycles. The molecule has 1 unspecified atom stereocenters. The molecular weight excluding hydrogens is 236 g/mol. The van der Waals surface area contributed by atoms with Gasteiger partial charge in [-0.3, -0.25) is 4.72 Å². The number of benzene rings is 1. The van der Waals surface area contributed by atoms with Gasteiger partial charge in [-0.05, 0) is 44.0 Å². The van der Waals surface area contributed by atoms with Gasteiger partial charge < -0.3 is 5.32 Å². The number of rotatable bonds is 5. The first-order valence-corrected chi connectivity index (χ1v) is 7.56. The predicted molar refractivity (Wildman–Crippen MR) is 73.0 cm³/mol. The van der Waals surface area contributed by atoms with Crippen molar-refractivity contribution in [3.8, 4) is 0 Å². The molecule has 0 radical (unpaired) electrons. The summed E-state index contributed by atoms with van der Waals surface area (Å²) in [5, 5.41) is 3.35. The van der Waals surface area contributed by atoms with E-state index >= 15 is 0 Å². The van der Waals surface area contributed by atoms with Crippen LogP contribution in [-0.4, -0.2) is 20.7 Å². The fraction of sp³-hybridized carbons (Fsp3) is 0.500. The van der Waals surface area contributed by atoms with E-state index in [0.717, 1.165) is 23.9 Å². The van der Waals surface area contributed by atoms with Gasteiger partial charge in [0, 0.05) is 11.7 Å². The number of hydrogen-bond acceptors (Lipinski definition) is 3. The van der Waals surface area contributed by atoms with E-state index in [2.05, 4.69) is 23.9 Å². The Balaban J connectivity index is 2.86. The summed E-state index contributed by atoms with van der Waals surface area (Å²) >= 11 is 0. The van der Waals surface area contributed by atoms with Crippen LogP contribution in [0.1, 0.15) is 25.8 Å². The highest BCUT2D eigenvalue weighted by Gasteiger charge is 2.06. The Morgan fingerprint density at radius 3 is 2.47 bits per heavy atom. The lowest BCUT2D eigenvalue weighted by molar-refractivity contribution is 0.607. The highest BCUT2D eigenvalue weighted by Crippen LogP contribution is 2.21. The molecule has 5 heteroatoms. The van der Waals surface area contributed by atoms with Crippen molar-refractivity contribution in [3.63, 3.8) is 0 Å². The summed E-state index contributed by atoms with van der Waals surface area (Å²) in [4.78, 5) is 0. The molecule has 0 aromatic heterocycles. The molecule has 0 heterocycles. The lowest BCUT2D eigenvalue weighted by Gasteiger charge is -2.15. The second kappa shape index (κ2) is 5.40. The third-order valence-electron chi connectivity index (χ3n) is 2.55. The Morgan fingerprint density at radius 1 is 1.35 bits per heavy atom. The molecule has 1 atom stereocenters. The summed E-state index contributed by atoms with van der Waals surface area (Å²) in [6.45, 7) is 6.11. The summed E-state index contributed by atoms with van der Waals surface area (Å²) in [7, 11) is -3.21. The Labute approximate surface area is 103 Å². The lowest BCUT2D eigenvalue weighted by Crippen LogP contribution is -2.14. The van der Waals surface area contributed by atoms with E-state index in [1.54, 1.807) is 6.07 Å². The summed E-state index contributed by atoms with van der Waals surface area (Å²) in [5.74, 6) is 0. The van der Waals surface area contributed by atoms with Crippen molar-refractivity contribution >= 4 is 21.4 Å². The van der Waals surface area contributed by atoms with Crippen LogP contribution in [0.3, 0.4) is 0 Å². The topological polar surface area (TPSA) is 58.2 Å². The lowest BCUT2D eigenvalue weighted by atomic mass is 10.1. The summed E-state index contributed by atoms with van der Waals surface area (Å²) in [6, 6.07) is 6.01. The summed E-state index contributed by atoms with van der Waals surface area (Å²) < 4.78 is 24.8. The van der Waals surface area contributed by atoms with Crippen molar-refractivity contribution in [2.24, 2.45) is 0 Å². The first kappa shape index (κ1) is 13.8. The number of nitrogens with one attached hydrogen (secondary N) is 2. The molecule has 0 spiro atoms. The van der Waals surface area contributed by atoms with E-state index < -0.39 is 10.0 Å². The minimum absolute atomic E-state index is 0.406. The normalized spacial score (nSPS) is 13.2. The van der Waals surface area contributed by atoms with E-state index in [0.29, 0.717) is 11.7 Å². The molecule has 0 saturated carbocycles. The average molecular weight is 256 g/mol. The molecule has 0 saturated heterocycles. The number of aryl methyl sites for hydroxylation is 1. The first-order valence-electron chi connectivity index (χ1n) is 5.67. The number of hydrogen-bond donors (Lipinski definition) is 2. The van der Waals surface area contributed by atoms with Crippen LogP contribution in [-0.2, 0) is 10.0 Å². The zero-order chi connectivity index (χ0) is 13.1. The summed E-state index contributed by atoms with van der Waals surface area (Å²) in [6.07, 6.45) is 2.19. The fourth-order valence-corrected chi connectivity index (χ4v) is 2.08. The Morgan fingerprint density at radius 2 is 2.00 bits per heavy atom. The average Bonchev–Trinajstić information content (AvgIpc) is 2.20. The van der Waals surface area contributed by atoms with Crippen molar-refractivity contribution in [2.75, 3.05) is 16.3 Å². The molecule has 96 valence electrons. The van der Waals surface area contributed by atoms with Crippen LogP contribution in [0.15, 0.2) is 18.2 Å². The standard InChI is InChI=1S/C12H20N2O2S/c1-5-10(3)13-11-6-7-12(9(2)8-11)14-17(4,15)16/h6-8,10,13-14H,5H2,1-4H3. The fourth-order valence-electron chi connectivity index (χ4n) is 1.45. The third-order valence-corrected chi connectivity index (χ3v) is 3.14. The second-order valence-corrected chi connectivity index (χ2v) is 6.11. The van der Waals surface area contributed by atoms with Crippen molar-refractivity contribution in [1.29, 1.82) is 0 Å². The van der Waals surface area contributed by atoms with Gasteiger partial charge in [-0.2, -0.15) is 0 Å². The van der Waals surface area contributed by atoms with E-state index in [1.807, 2.05) is 19.1 Å². The van der Waals surface area contributed by atoms with Gasteiger partial charge in [0.1, 0.15) is 0 Å². The van der Waals surface area contributed by atoms with E-state index in [4.69, 9.17) is 0 Å². The maximum atomic E-state index is 11.1. The van der Waals surface area contributed by atoms with Gasteiger partial charge in [0.2, 0.25) is 10.0 Å². The predicted octanol–water partition coefficient (Wildman–Crippen LogP) is 2.58. The van der Waals surface area contributed by atoms with Gasteiger partial charge in [0.05, 0.1) is 11.9 Å². The van der Waals surface area contributed by atoms with Gasteiger partial charge in [-0.25, -0.2) is 8.42 Å². The van der Waals surface area contributed by atoms with Crippen LogP contribution in [0.4, 0.5) is 11.4 Å². The van der Waals surface area contributed by atoms with Gasteiger partial charge in [0.25, 0.3) is 0 Å². The SMILES string of the molecule is CCC(C)Nc1ccc(NS(C)(=O)=O)c(C)c1. The van der Waals surface area contributed by atoms with Crippen molar-refractivity contribution in [3.05, 3.63) is 23.8 Å². The van der Waals surface area contributed by atoms with Gasteiger partial charge in [-0.15, -0.1) is 0 Å². The van der Waals surface area contributed by atoms with Crippen LogP contribution in [0.2, 0.25) is 0 Å². The highest BCUT2D eigenvalue weighted by molar-refractivity contribution is 7.92. The molecule has 1 aromatic carbocycles. The van der Waals surface area contributed by atoms with Crippen molar-refractivity contribution < 1.29 is 8.42 Å². The Kier molecular flexibility index (Phi) is 4.40. The van der Waals surface area contributed by atoms with Crippen LogP contribution < -0.4 is 10.0 Å². The van der Waals surface area contributed by atoms with Gasteiger partial charge in [0.15, 0.2) is 0 Å². The van der Waals surface area contributed by atoms with Crippen LogP contribution in [0.25, 0.3) is 0 Å². The molecule has 2 N–H and O–H groups in total. The monoisotopic (exact) mass is 256 g/mol. The van der Waals surface area contributed by atoms with E-state index in [1.165, 1.54) is 0 Å². The molecule has 0 bridgehead atoms. The zero-order valence-corrected chi connectivity index (χ0v) is 11.6. The van der Waals surface area contributed by atoms with E-state index in [9.17, 15) is 8.42 Å². The summed E-state index contributed by atoms with van der Waals surface area (Å²) in [5.41, 5.74) is 2.54. The molecular formula is C12H20N2O2S. The van der Waals surface area contributed by atoms with Gasteiger partial charge >= 0.3 is 0 Å². The molecule has 0 amide bonds. The Bertz CT molecular complexity index is 483. The van der Waals surface area contributed by atoms with E-state index in [-0.39, 0.29) is 0 Å². The Hall–Kier alpha value is -1.23. The molecule has 4 nitrogen and oxygen atoms in total.